The van der Waals surface area contributed by atoms with Gasteiger partial charge < -0.3 is 10.4 Å². The van der Waals surface area contributed by atoms with E-state index in [1.807, 2.05) is 6.07 Å². The van der Waals surface area contributed by atoms with Crippen LogP contribution in [-0.4, -0.2) is 22.2 Å². The van der Waals surface area contributed by atoms with Gasteiger partial charge in [-0.2, -0.15) is 0 Å². The normalized spacial score (nSPS) is 18.3. The second-order valence-electron chi connectivity index (χ2n) is 3.90. The van der Waals surface area contributed by atoms with Crippen LogP contribution in [0.25, 0.3) is 0 Å². The minimum Gasteiger partial charge on any atom is -0.394 e. The molecule has 3 nitrogen and oxygen atoms in total. The molecule has 0 atom stereocenters. The van der Waals surface area contributed by atoms with E-state index >= 15 is 0 Å². The lowest BCUT2D eigenvalue weighted by Crippen LogP contribution is -2.48. The molecule has 1 aromatic rings. The van der Waals surface area contributed by atoms with E-state index in [1.54, 1.807) is 6.20 Å². The molecule has 0 saturated heterocycles. The molecule has 1 heterocycles. The van der Waals surface area contributed by atoms with Crippen molar-refractivity contribution in [3.8, 4) is 0 Å². The van der Waals surface area contributed by atoms with E-state index in [1.165, 1.54) is 6.42 Å². The number of nitrogens with zero attached hydrogens (tertiary/aromatic N) is 1. The highest BCUT2D eigenvalue weighted by Gasteiger charge is 2.36. The van der Waals surface area contributed by atoms with Gasteiger partial charge in [-0.15, -0.1) is 0 Å². The molecule has 2 N–H and O–H groups in total. The molecule has 2 rings (SSSR count). The van der Waals surface area contributed by atoms with Crippen LogP contribution in [0, 0.1) is 0 Å². The van der Waals surface area contributed by atoms with E-state index in [4.69, 9.17) is 0 Å². The summed E-state index contributed by atoms with van der Waals surface area (Å²) in [5.41, 5.74) is -0.149. The van der Waals surface area contributed by atoms with Gasteiger partial charge in [0.15, 0.2) is 0 Å². The molecule has 1 aromatic heterocycles. The van der Waals surface area contributed by atoms with E-state index < -0.39 is 0 Å². The molecule has 0 aromatic carbocycles. The molecule has 0 bridgehead atoms. The second-order valence-corrected chi connectivity index (χ2v) is 5.67. The zero-order chi connectivity index (χ0) is 10.9. The number of pyridine rings is 1. The standard InChI is InChI=1S/C10H12Br2N2O/c11-7-4-8(12)9(13-5-7)14-10(6-15)2-1-3-10/h4-5,15H,1-3,6H2,(H,13,14). The first-order valence-electron chi connectivity index (χ1n) is 4.85. The number of aromatic nitrogens is 1. The van der Waals surface area contributed by atoms with E-state index in [0.717, 1.165) is 27.6 Å². The van der Waals surface area contributed by atoms with E-state index in [2.05, 4.69) is 42.2 Å². The Balaban J connectivity index is 2.16. The third kappa shape index (κ3) is 2.34. The molecule has 15 heavy (non-hydrogen) atoms. The van der Waals surface area contributed by atoms with Gasteiger partial charge in [-0.1, -0.05) is 0 Å². The SMILES string of the molecule is OCC1(Nc2ncc(Br)cc2Br)CCC1. The topological polar surface area (TPSA) is 45.1 Å². The van der Waals surface area contributed by atoms with Crippen LogP contribution >= 0.6 is 31.9 Å². The molecule has 0 amide bonds. The van der Waals surface area contributed by atoms with Crippen LogP contribution in [0.1, 0.15) is 19.3 Å². The van der Waals surface area contributed by atoms with Crippen LogP contribution in [0.4, 0.5) is 5.82 Å². The molecule has 0 spiro atoms. The Morgan fingerprint density at radius 2 is 2.20 bits per heavy atom. The van der Waals surface area contributed by atoms with Gasteiger partial charge in [0, 0.05) is 10.7 Å². The first kappa shape index (κ1) is 11.4. The second kappa shape index (κ2) is 4.39. The highest BCUT2D eigenvalue weighted by Crippen LogP contribution is 2.36. The van der Waals surface area contributed by atoms with Crippen molar-refractivity contribution in [2.24, 2.45) is 0 Å². The number of hydrogen-bond acceptors (Lipinski definition) is 3. The molecule has 1 aliphatic carbocycles. The maximum Gasteiger partial charge on any atom is 0.140 e. The monoisotopic (exact) mass is 334 g/mol. The predicted octanol–water partition coefficient (Wildman–Crippen LogP) is 2.93. The van der Waals surface area contributed by atoms with Crippen molar-refractivity contribution in [3.63, 3.8) is 0 Å². The number of aliphatic hydroxyl groups is 1. The highest BCUT2D eigenvalue weighted by atomic mass is 79.9. The lowest BCUT2D eigenvalue weighted by Gasteiger charge is -2.41. The lowest BCUT2D eigenvalue weighted by atomic mass is 9.77. The third-order valence-electron chi connectivity index (χ3n) is 2.80. The molecule has 1 saturated carbocycles. The van der Waals surface area contributed by atoms with Gasteiger partial charge >= 0.3 is 0 Å². The van der Waals surface area contributed by atoms with E-state index in [9.17, 15) is 5.11 Å². The maximum absolute atomic E-state index is 9.33. The van der Waals surface area contributed by atoms with Crippen LogP contribution in [0.3, 0.4) is 0 Å². The molecule has 0 radical (unpaired) electrons. The average Bonchev–Trinajstić information content (AvgIpc) is 2.14. The van der Waals surface area contributed by atoms with Crippen LogP contribution in [0.15, 0.2) is 21.2 Å². The summed E-state index contributed by atoms with van der Waals surface area (Å²) in [5, 5.41) is 12.6. The van der Waals surface area contributed by atoms with E-state index in [0.29, 0.717) is 0 Å². The summed E-state index contributed by atoms with van der Waals surface area (Å²) >= 11 is 6.80. The zero-order valence-electron chi connectivity index (χ0n) is 8.13. The minimum atomic E-state index is -0.149. The molecule has 1 aliphatic rings. The molecule has 82 valence electrons. The molecular weight excluding hydrogens is 324 g/mol. The summed E-state index contributed by atoms with van der Waals surface area (Å²) in [5.74, 6) is 0.798. The smallest absolute Gasteiger partial charge is 0.140 e. The van der Waals surface area contributed by atoms with Crippen molar-refractivity contribution in [1.29, 1.82) is 0 Å². The Morgan fingerprint density at radius 1 is 1.47 bits per heavy atom. The number of rotatable bonds is 3. The molecule has 0 unspecified atom stereocenters. The third-order valence-corrected chi connectivity index (χ3v) is 3.84. The van der Waals surface area contributed by atoms with Crippen LogP contribution in [-0.2, 0) is 0 Å². The number of anilines is 1. The first-order valence-corrected chi connectivity index (χ1v) is 6.44. The van der Waals surface area contributed by atoms with Gasteiger partial charge in [0.05, 0.1) is 16.6 Å². The highest BCUT2D eigenvalue weighted by molar-refractivity contribution is 9.11. The van der Waals surface area contributed by atoms with Crippen molar-refractivity contribution in [2.75, 3.05) is 11.9 Å². The quantitative estimate of drug-likeness (QED) is 0.892. The number of hydrogen-bond donors (Lipinski definition) is 2. The van der Waals surface area contributed by atoms with Crippen LogP contribution < -0.4 is 5.32 Å². The molecule has 5 heteroatoms. The van der Waals surface area contributed by atoms with Crippen LogP contribution in [0.5, 0.6) is 0 Å². The van der Waals surface area contributed by atoms with Gasteiger partial charge in [-0.3, -0.25) is 0 Å². The predicted molar refractivity (Wildman–Crippen MR) is 66.9 cm³/mol. The summed E-state index contributed by atoms with van der Waals surface area (Å²) in [7, 11) is 0. The number of nitrogens with one attached hydrogen (secondary N) is 1. The summed E-state index contributed by atoms with van der Waals surface area (Å²) in [6.45, 7) is 0.164. The fourth-order valence-electron chi connectivity index (χ4n) is 1.68. The van der Waals surface area contributed by atoms with Gasteiger partial charge in [-0.25, -0.2) is 4.98 Å². The summed E-state index contributed by atoms with van der Waals surface area (Å²) in [4.78, 5) is 4.28. The first-order chi connectivity index (χ1) is 7.15. The summed E-state index contributed by atoms with van der Waals surface area (Å²) in [6, 6.07) is 1.94. The van der Waals surface area contributed by atoms with Crippen molar-refractivity contribution >= 4 is 37.7 Å². The van der Waals surface area contributed by atoms with Crippen molar-refractivity contribution in [2.45, 2.75) is 24.8 Å². The van der Waals surface area contributed by atoms with E-state index in [-0.39, 0.29) is 12.1 Å². The average molecular weight is 336 g/mol. The van der Waals surface area contributed by atoms with Gasteiger partial charge in [0.1, 0.15) is 5.82 Å². The Labute approximate surface area is 106 Å². The number of halogens is 2. The molecule has 1 fully saturated rings. The Kier molecular flexibility index (Phi) is 3.33. The summed E-state index contributed by atoms with van der Waals surface area (Å²) in [6.07, 6.45) is 4.93. The largest absolute Gasteiger partial charge is 0.394 e. The lowest BCUT2D eigenvalue weighted by molar-refractivity contribution is 0.143. The maximum atomic E-state index is 9.33. The molecule has 0 aliphatic heterocycles. The van der Waals surface area contributed by atoms with Gasteiger partial charge in [-0.05, 0) is 57.2 Å². The zero-order valence-corrected chi connectivity index (χ0v) is 11.3. The minimum absolute atomic E-state index is 0.149. The van der Waals surface area contributed by atoms with Crippen LogP contribution in [0.2, 0.25) is 0 Å². The van der Waals surface area contributed by atoms with Crippen molar-refractivity contribution in [3.05, 3.63) is 21.2 Å². The van der Waals surface area contributed by atoms with Gasteiger partial charge in [0.2, 0.25) is 0 Å². The Morgan fingerprint density at radius 3 is 2.67 bits per heavy atom. The fraction of sp³-hybridized carbons (Fsp3) is 0.500. The number of aliphatic hydroxyl groups excluding tert-OH is 1. The van der Waals surface area contributed by atoms with Crippen molar-refractivity contribution in [1.82, 2.24) is 4.98 Å². The fourth-order valence-corrected chi connectivity index (χ4v) is 2.77. The summed E-state index contributed by atoms with van der Waals surface area (Å²) < 4.78 is 1.85. The Hall–Kier alpha value is -0.130. The van der Waals surface area contributed by atoms with Gasteiger partial charge in [0.25, 0.3) is 0 Å². The Bertz CT molecular complexity index is 361. The van der Waals surface area contributed by atoms with Crippen molar-refractivity contribution < 1.29 is 5.11 Å². The molecular formula is C10H12Br2N2O.